The van der Waals surface area contributed by atoms with Crippen LogP contribution < -0.4 is 10.2 Å². The average Bonchev–Trinajstić information content (AvgIpc) is 2.60. The van der Waals surface area contributed by atoms with E-state index in [2.05, 4.69) is 5.48 Å². The molecule has 5 nitrogen and oxygen atoms in total. The van der Waals surface area contributed by atoms with E-state index in [4.69, 9.17) is 14.3 Å². The monoisotopic (exact) mass is 315 g/mol. The summed E-state index contributed by atoms with van der Waals surface area (Å²) >= 11 is 0. The van der Waals surface area contributed by atoms with Crippen LogP contribution in [0, 0.1) is 0 Å². The Balaban J connectivity index is 1.91. The van der Waals surface area contributed by atoms with Crippen molar-refractivity contribution in [3.05, 3.63) is 66.2 Å². The Bertz CT molecular complexity index is 603. The lowest BCUT2D eigenvalue weighted by Gasteiger charge is -2.28. The predicted octanol–water partition coefficient (Wildman–Crippen LogP) is 2.72. The van der Waals surface area contributed by atoms with Gasteiger partial charge < -0.3 is 9.47 Å². The van der Waals surface area contributed by atoms with Crippen LogP contribution in [0.2, 0.25) is 0 Å². The summed E-state index contributed by atoms with van der Waals surface area (Å²) in [7, 11) is 1.33. The van der Waals surface area contributed by atoms with Crippen molar-refractivity contribution in [1.82, 2.24) is 5.48 Å². The van der Waals surface area contributed by atoms with Crippen LogP contribution in [0.15, 0.2) is 60.7 Å². The zero-order chi connectivity index (χ0) is 16.5. The quantitative estimate of drug-likeness (QED) is 0.461. The number of ether oxygens (including phenoxy) is 2. The molecular weight excluding hydrogens is 294 g/mol. The van der Waals surface area contributed by atoms with Crippen molar-refractivity contribution < 1.29 is 19.1 Å². The molecule has 1 atom stereocenters. The minimum atomic E-state index is -1.19. The van der Waals surface area contributed by atoms with E-state index in [0.717, 1.165) is 5.56 Å². The van der Waals surface area contributed by atoms with E-state index in [1.54, 1.807) is 19.1 Å². The molecule has 0 aliphatic carbocycles. The Morgan fingerprint density at radius 1 is 1.04 bits per heavy atom. The van der Waals surface area contributed by atoms with Crippen LogP contribution in [0.3, 0.4) is 0 Å². The van der Waals surface area contributed by atoms with E-state index in [9.17, 15) is 4.79 Å². The number of nitrogens with one attached hydrogen (secondary N) is 1. The van der Waals surface area contributed by atoms with Gasteiger partial charge in [0, 0.05) is 0 Å². The highest BCUT2D eigenvalue weighted by molar-refractivity contribution is 5.79. The van der Waals surface area contributed by atoms with Crippen LogP contribution in [0.5, 0.6) is 5.75 Å². The van der Waals surface area contributed by atoms with Crippen LogP contribution in [0.25, 0.3) is 0 Å². The topological polar surface area (TPSA) is 56.8 Å². The average molecular weight is 315 g/mol. The molecule has 0 aromatic heterocycles. The summed E-state index contributed by atoms with van der Waals surface area (Å²) in [6.45, 7) is 2.20. The summed E-state index contributed by atoms with van der Waals surface area (Å²) < 4.78 is 10.6. The Labute approximate surface area is 136 Å². The van der Waals surface area contributed by atoms with Gasteiger partial charge in [-0.2, -0.15) is 5.48 Å². The van der Waals surface area contributed by atoms with Crippen molar-refractivity contribution >= 4 is 5.97 Å². The Morgan fingerprint density at radius 2 is 1.65 bits per heavy atom. The second-order valence-corrected chi connectivity index (χ2v) is 5.23. The summed E-state index contributed by atoms with van der Waals surface area (Å²) in [5.74, 6) is 0.113. The summed E-state index contributed by atoms with van der Waals surface area (Å²) in [6, 6.07) is 18.9. The van der Waals surface area contributed by atoms with Gasteiger partial charge in [0.25, 0.3) is 0 Å². The normalized spacial score (nSPS) is 13.1. The molecule has 2 aromatic rings. The first-order chi connectivity index (χ1) is 11.1. The van der Waals surface area contributed by atoms with Gasteiger partial charge in [0.15, 0.2) is 0 Å². The second-order valence-electron chi connectivity index (χ2n) is 5.23. The fourth-order valence-corrected chi connectivity index (χ4v) is 2.01. The van der Waals surface area contributed by atoms with Gasteiger partial charge in [-0.3, -0.25) is 4.84 Å². The van der Waals surface area contributed by atoms with E-state index < -0.39 is 11.6 Å². The van der Waals surface area contributed by atoms with Gasteiger partial charge in [0.2, 0.25) is 5.60 Å². The Morgan fingerprint density at radius 3 is 2.26 bits per heavy atom. The maximum Gasteiger partial charge on any atom is 0.351 e. The molecule has 23 heavy (non-hydrogen) atoms. The lowest BCUT2D eigenvalue weighted by atomic mass is 10.1. The number of hydroxylamine groups is 1. The number of hydrogen-bond donors (Lipinski definition) is 1. The molecule has 2 aromatic carbocycles. The summed E-state index contributed by atoms with van der Waals surface area (Å²) in [4.78, 5) is 17.5. The van der Waals surface area contributed by atoms with Gasteiger partial charge in [0.05, 0.1) is 20.3 Å². The van der Waals surface area contributed by atoms with Crippen LogP contribution in [-0.4, -0.2) is 25.2 Å². The minimum absolute atomic E-state index is 0.154. The molecule has 5 heteroatoms. The molecule has 122 valence electrons. The second kappa shape index (κ2) is 8.31. The van der Waals surface area contributed by atoms with E-state index >= 15 is 0 Å². The molecule has 0 spiro atoms. The third-order valence-corrected chi connectivity index (χ3v) is 3.30. The maximum atomic E-state index is 12.1. The SMILES string of the molecule is COC(=O)C(C)(CNOCc1ccccc1)Oc1ccccc1. The third kappa shape index (κ3) is 5.09. The van der Waals surface area contributed by atoms with Crippen molar-refractivity contribution in [3.8, 4) is 5.75 Å². The van der Waals surface area contributed by atoms with Crippen LogP contribution in [-0.2, 0) is 21.0 Å². The molecule has 0 amide bonds. The molecule has 2 rings (SSSR count). The van der Waals surface area contributed by atoms with Crippen molar-refractivity contribution in [2.24, 2.45) is 0 Å². The van der Waals surface area contributed by atoms with Crippen molar-refractivity contribution in [3.63, 3.8) is 0 Å². The molecule has 0 saturated carbocycles. The van der Waals surface area contributed by atoms with Crippen molar-refractivity contribution in [1.29, 1.82) is 0 Å². The number of rotatable bonds is 8. The highest BCUT2D eigenvalue weighted by atomic mass is 16.6. The van der Waals surface area contributed by atoms with E-state index in [-0.39, 0.29) is 6.54 Å². The lowest BCUT2D eigenvalue weighted by Crippen LogP contribution is -2.50. The summed E-state index contributed by atoms with van der Waals surface area (Å²) in [6.07, 6.45) is 0. The van der Waals surface area contributed by atoms with Crippen LogP contribution in [0.4, 0.5) is 0 Å². The number of carbonyl (C=O) groups excluding carboxylic acids is 1. The van der Waals surface area contributed by atoms with E-state index in [1.165, 1.54) is 7.11 Å². The van der Waals surface area contributed by atoms with E-state index in [0.29, 0.717) is 12.4 Å². The molecule has 1 unspecified atom stereocenters. The molecule has 1 N–H and O–H groups in total. The number of carbonyl (C=O) groups is 1. The number of esters is 1. The van der Waals surface area contributed by atoms with Gasteiger partial charge in [-0.25, -0.2) is 4.79 Å². The first-order valence-corrected chi connectivity index (χ1v) is 7.35. The fourth-order valence-electron chi connectivity index (χ4n) is 2.01. The molecule has 0 radical (unpaired) electrons. The van der Waals surface area contributed by atoms with Crippen LogP contribution in [0.1, 0.15) is 12.5 Å². The summed E-state index contributed by atoms with van der Waals surface area (Å²) in [5, 5.41) is 0. The Hall–Kier alpha value is -2.37. The Kier molecular flexibility index (Phi) is 6.14. The van der Waals surface area contributed by atoms with Crippen molar-refractivity contribution in [2.75, 3.05) is 13.7 Å². The van der Waals surface area contributed by atoms with Gasteiger partial charge >= 0.3 is 5.97 Å². The largest absolute Gasteiger partial charge is 0.474 e. The molecule has 0 heterocycles. The maximum absolute atomic E-state index is 12.1. The van der Waals surface area contributed by atoms with Gasteiger partial charge in [0.1, 0.15) is 5.75 Å². The first-order valence-electron chi connectivity index (χ1n) is 7.35. The molecule has 0 saturated heterocycles. The standard InChI is InChI=1S/C18H21NO4/c1-18(17(20)21-2,23-16-11-7-4-8-12-16)14-19-22-13-15-9-5-3-6-10-15/h3-12,19H,13-14H2,1-2H3. The molecule has 0 bridgehead atoms. The zero-order valence-electron chi connectivity index (χ0n) is 13.3. The van der Waals surface area contributed by atoms with Gasteiger partial charge in [-0.15, -0.1) is 0 Å². The fraction of sp³-hybridized carbons (Fsp3) is 0.278. The lowest BCUT2D eigenvalue weighted by molar-refractivity contribution is -0.159. The van der Waals surface area contributed by atoms with Gasteiger partial charge in [-0.1, -0.05) is 48.5 Å². The molecule has 0 fully saturated rings. The third-order valence-electron chi connectivity index (χ3n) is 3.30. The summed E-state index contributed by atoms with van der Waals surface area (Å²) in [5.41, 5.74) is 2.63. The minimum Gasteiger partial charge on any atom is -0.474 e. The van der Waals surface area contributed by atoms with Crippen LogP contribution >= 0.6 is 0 Å². The van der Waals surface area contributed by atoms with E-state index in [1.807, 2.05) is 48.5 Å². The highest BCUT2D eigenvalue weighted by Crippen LogP contribution is 2.19. The molecule has 0 aliphatic heterocycles. The number of benzene rings is 2. The highest BCUT2D eigenvalue weighted by Gasteiger charge is 2.37. The first kappa shape index (κ1) is 17.0. The molecule has 0 aliphatic rings. The molecular formula is C18H21NO4. The number of methoxy groups -OCH3 is 1. The van der Waals surface area contributed by atoms with Gasteiger partial charge in [-0.05, 0) is 24.6 Å². The number of para-hydroxylation sites is 1. The van der Waals surface area contributed by atoms with Crippen molar-refractivity contribution in [2.45, 2.75) is 19.1 Å². The number of hydrogen-bond acceptors (Lipinski definition) is 5. The predicted molar refractivity (Wildman–Crippen MR) is 86.7 cm³/mol. The zero-order valence-corrected chi connectivity index (χ0v) is 13.3. The smallest absolute Gasteiger partial charge is 0.351 e.